The zero-order valence-electron chi connectivity index (χ0n) is 11.9. The van der Waals surface area contributed by atoms with Crippen LogP contribution in [0.15, 0.2) is 0 Å². The predicted molar refractivity (Wildman–Crippen MR) is 85.0 cm³/mol. The molecule has 0 unspecified atom stereocenters. The zero-order valence-corrected chi connectivity index (χ0v) is 13.6. The number of thiol groups is 1. The summed E-state index contributed by atoms with van der Waals surface area (Å²) in [7, 11) is 0. The van der Waals surface area contributed by atoms with E-state index in [0.29, 0.717) is 31.8 Å². The van der Waals surface area contributed by atoms with Crippen LogP contribution in [0.5, 0.6) is 0 Å². The molecule has 0 heterocycles. The maximum absolute atomic E-state index is 11.9. The Balaban J connectivity index is 0. The number of nitrogens with one attached hydrogen (secondary N) is 3. The maximum Gasteiger partial charge on any atom is 0.323 e. The first-order valence-electron chi connectivity index (χ1n) is 6.17. The van der Waals surface area contributed by atoms with E-state index in [2.05, 4.69) is 23.3 Å². The highest BCUT2D eigenvalue weighted by Gasteiger charge is 2.23. The SMILES string of the molecule is CC(C)(C)OC(=O)[C@H](CCS)NCCNCC=N.Cl. The van der Waals surface area contributed by atoms with Crippen molar-refractivity contribution in [1.82, 2.24) is 10.6 Å². The third-order valence-corrected chi connectivity index (χ3v) is 2.31. The lowest BCUT2D eigenvalue weighted by Crippen LogP contribution is -2.44. The highest BCUT2D eigenvalue weighted by Crippen LogP contribution is 2.09. The minimum Gasteiger partial charge on any atom is -0.459 e. The number of ether oxygens (including phenoxy) is 1. The van der Waals surface area contributed by atoms with Crippen LogP contribution in [0.2, 0.25) is 0 Å². The van der Waals surface area contributed by atoms with E-state index in [1.54, 1.807) is 0 Å². The largest absolute Gasteiger partial charge is 0.459 e. The number of hydrogen-bond acceptors (Lipinski definition) is 6. The lowest BCUT2D eigenvalue weighted by Gasteiger charge is -2.24. The standard InChI is InChI=1S/C12H25N3O2S.ClH/c1-12(2,3)17-11(16)10(4-9-18)15-8-7-14-6-5-13;/h5,10,13-15,18H,4,6-9H2,1-3H3;1H/t10-;/m0./s1. The summed E-state index contributed by atoms with van der Waals surface area (Å²) in [5.41, 5.74) is -0.466. The van der Waals surface area contributed by atoms with Crippen LogP contribution in [0.1, 0.15) is 27.2 Å². The molecule has 0 radical (unpaired) electrons. The van der Waals surface area contributed by atoms with Gasteiger partial charge in [0.2, 0.25) is 0 Å². The molecule has 0 aromatic rings. The number of carbonyl (C=O) groups excluding carboxylic acids is 1. The molecule has 0 saturated heterocycles. The Hall–Kier alpha value is -0.300. The molecule has 0 rings (SSSR count). The summed E-state index contributed by atoms with van der Waals surface area (Å²) < 4.78 is 5.34. The van der Waals surface area contributed by atoms with Crippen LogP contribution in [-0.2, 0) is 9.53 Å². The second-order valence-corrected chi connectivity index (χ2v) is 5.41. The van der Waals surface area contributed by atoms with E-state index in [9.17, 15) is 4.79 Å². The summed E-state index contributed by atoms with van der Waals surface area (Å²) in [6.45, 7) is 7.48. The molecule has 0 aliphatic rings. The van der Waals surface area contributed by atoms with Gasteiger partial charge in [-0.05, 0) is 32.9 Å². The minimum atomic E-state index is -0.466. The van der Waals surface area contributed by atoms with Crippen LogP contribution in [0, 0.1) is 5.41 Å². The highest BCUT2D eigenvalue weighted by molar-refractivity contribution is 7.80. The molecule has 0 aromatic heterocycles. The Morgan fingerprint density at radius 3 is 2.53 bits per heavy atom. The average molecular weight is 312 g/mol. The normalized spacial score (nSPS) is 12.4. The van der Waals surface area contributed by atoms with Crippen molar-refractivity contribution in [1.29, 1.82) is 5.41 Å². The van der Waals surface area contributed by atoms with E-state index >= 15 is 0 Å². The Morgan fingerprint density at radius 2 is 2.05 bits per heavy atom. The molecule has 0 aliphatic heterocycles. The molecule has 0 aliphatic carbocycles. The highest BCUT2D eigenvalue weighted by atomic mass is 35.5. The van der Waals surface area contributed by atoms with Gasteiger partial charge in [0.1, 0.15) is 11.6 Å². The fraction of sp³-hybridized carbons (Fsp3) is 0.833. The van der Waals surface area contributed by atoms with Gasteiger partial charge in [-0.25, -0.2) is 0 Å². The summed E-state index contributed by atoms with van der Waals surface area (Å²) in [5.74, 6) is 0.397. The van der Waals surface area contributed by atoms with Gasteiger partial charge in [0, 0.05) is 25.8 Å². The van der Waals surface area contributed by atoms with E-state index in [1.807, 2.05) is 20.8 Å². The third-order valence-electron chi connectivity index (χ3n) is 2.05. The monoisotopic (exact) mass is 311 g/mol. The van der Waals surface area contributed by atoms with E-state index in [4.69, 9.17) is 10.1 Å². The fourth-order valence-corrected chi connectivity index (χ4v) is 1.57. The van der Waals surface area contributed by atoms with Gasteiger partial charge in [0.15, 0.2) is 0 Å². The van der Waals surface area contributed by atoms with E-state index < -0.39 is 5.60 Å². The molecule has 1 atom stereocenters. The van der Waals surface area contributed by atoms with Crippen LogP contribution in [0.4, 0.5) is 0 Å². The first-order chi connectivity index (χ1) is 8.40. The zero-order chi connectivity index (χ0) is 14.0. The van der Waals surface area contributed by atoms with Crippen molar-refractivity contribution < 1.29 is 9.53 Å². The van der Waals surface area contributed by atoms with Gasteiger partial charge in [0.05, 0.1) is 0 Å². The summed E-state index contributed by atoms with van der Waals surface area (Å²) in [4.78, 5) is 11.9. The van der Waals surface area contributed by atoms with Crippen LogP contribution >= 0.6 is 25.0 Å². The van der Waals surface area contributed by atoms with Crippen molar-refractivity contribution >= 4 is 37.2 Å². The summed E-state index contributed by atoms with van der Waals surface area (Å²) in [6.07, 6.45) is 1.95. The van der Waals surface area contributed by atoms with E-state index in [0.717, 1.165) is 0 Å². The van der Waals surface area contributed by atoms with Crippen molar-refractivity contribution in [3.63, 3.8) is 0 Å². The smallest absolute Gasteiger partial charge is 0.323 e. The van der Waals surface area contributed by atoms with Crippen molar-refractivity contribution in [2.24, 2.45) is 0 Å². The van der Waals surface area contributed by atoms with Gasteiger partial charge < -0.3 is 20.8 Å². The lowest BCUT2D eigenvalue weighted by molar-refractivity contribution is -0.157. The van der Waals surface area contributed by atoms with Gasteiger partial charge >= 0.3 is 5.97 Å². The number of esters is 1. The van der Waals surface area contributed by atoms with E-state index in [1.165, 1.54) is 6.21 Å². The van der Waals surface area contributed by atoms with Gasteiger partial charge in [-0.15, -0.1) is 12.4 Å². The third kappa shape index (κ3) is 12.5. The van der Waals surface area contributed by atoms with E-state index in [-0.39, 0.29) is 24.4 Å². The Morgan fingerprint density at radius 1 is 1.42 bits per heavy atom. The van der Waals surface area contributed by atoms with Crippen molar-refractivity contribution in [3.05, 3.63) is 0 Å². The van der Waals surface area contributed by atoms with Crippen LogP contribution in [0.3, 0.4) is 0 Å². The van der Waals surface area contributed by atoms with Gasteiger partial charge in [-0.3, -0.25) is 4.79 Å². The molecule has 114 valence electrons. The first kappa shape index (κ1) is 21.0. The molecule has 0 saturated carbocycles. The minimum absolute atomic E-state index is 0. The second-order valence-electron chi connectivity index (χ2n) is 4.96. The Kier molecular flexibility index (Phi) is 12.7. The van der Waals surface area contributed by atoms with Gasteiger partial charge in [-0.2, -0.15) is 12.6 Å². The average Bonchev–Trinajstić information content (AvgIpc) is 2.25. The molecular weight excluding hydrogens is 286 g/mol. The van der Waals surface area contributed by atoms with Crippen LogP contribution in [0.25, 0.3) is 0 Å². The predicted octanol–water partition coefficient (Wildman–Crippen LogP) is 1.27. The number of hydrogen-bond donors (Lipinski definition) is 4. The van der Waals surface area contributed by atoms with Crippen molar-refractivity contribution in [2.45, 2.75) is 38.8 Å². The van der Waals surface area contributed by atoms with Crippen LogP contribution in [-0.4, -0.2) is 49.2 Å². The topological polar surface area (TPSA) is 74.2 Å². The molecular formula is C12H26ClN3O2S. The summed E-state index contributed by atoms with van der Waals surface area (Å²) in [5, 5.41) is 13.0. The maximum atomic E-state index is 11.9. The second kappa shape index (κ2) is 11.5. The molecule has 5 nitrogen and oxygen atoms in total. The van der Waals surface area contributed by atoms with Crippen molar-refractivity contribution in [3.8, 4) is 0 Å². The fourth-order valence-electron chi connectivity index (χ4n) is 1.31. The van der Waals surface area contributed by atoms with Gasteiger partial charge in [-0.1, -0.05) is 0 Å². The lowest BCUT2D eigenvalue weighted by atomic mass is 10.1. The Labute approximate surface area is 127 Å². The van der Waals surface area contributed by atoms with Gasteiger partial charge in [0.25, 0.3) is 0 Å². The molecule has 0 aromatic carbocycles. The summed E-state index contributed by atoms with van der Waals surface area (Å²) in [6, 6.07) is -0.316. The quantitative estimate of drug-likeness (QED) is 0.224. The Bertz CT molecular complexity index is 260. The molecule has 0 amide bonds. The molecule has 0 spiro atoms. The number of halogens is 1. The molecule has 0 bridgehead atoms. The summed E-state index contributed by atoms with van der Waals surface area (Å²) >= 11 is 4.15. The van der Waals surface area contributed by atoms with Crippen molar-refractivity contribution in [2.75, 3.05) is 25.4 Å². The molecule has 19 heavy (non-hydrogen) atoms. The molecule has 3 N–H and O–H groups in total. The molecule has 0 fully saturated rings. The van der Waals surface area contributed by atoms with Crippen LogP contribution < -0.4 is 10.6 Å². The first-order valence-corrected chi connectivity index (χ1v) is 6.80. The number of rotatable bonds is 9. The number of carbonyl (C=O) groups is 1. The molecule has 7 heteroatoms.